The second-order valence-electron chi connectivity index (χ2n) is 8.83. The van der Waals surface area contributed by atoms with Gasteiger partial charge in [-0.2, -0.15) is 0 Å². The molecule has 1 atom stereocenters. The Hall–Kier alpha value is -2.16. The molecule has 33 heavy (non-hydrogen) atoms. The molecule has 0 radical (unpaired) electrons. The Morgan fingerprint density at radius 2 is 1.97 bits per heavy atom. The fraction of sp³-hybridized carbons (Fsp3) is 0.560. The van der Waals surface area contributed by atoms with Crippen LogP contribution in [0.1, 0.15) is 56.4 Å². The van der Waals surface area contributed by atoms with Crippen LogP contribution in [-0.4, -0.2) is 44.4 Å². The van der Waals surface area contributed by atoms with Crippen LogP contribution in [0, 0.1) is 5.92 Å². The lowest BCUT2D eigenvalue weighted by Crippen LogP contribution is -2.43. The van der Waals surface area contributed by atoms with Crippen molar-refractivity contribution in [2.75, 3.05) is 24.1 Å². The number of hydrogen-bond acceptors (Lipinski definition) is 6. The number of rotatable bonds is 8. The van der Waals surface area contributed by atoms with E-state index in [0.717, 1.165) is 43.4 Å². The van der Waals surface area contributed by atoms with Crippen molar-refractivity contribution in [3.63, 3.8) is 0 Å². The average Bonchev–Trinajstić information content (AvgIpc) is 2.86. The lowest BCUT2D eigenvalue weighted by atomic mass is 9.94. The molecule has 1 aromatic heterocycles. The highest BCUT2D eigenvalue weighted by Gasteiger charge is 2.37. The third-order valence-corrected chi connectivity index (χ3v) is 8.66. The number of nitrogens with zero attached hydrogens (tertiary/aromatic N) is 2. The van der Waals surface area contributed by atoms with E-state index in [-0.39, 0.29) is 34.9 Å². The second-order valence-corrected chi connectivity index (χ2v) is 10.6. The van der Waals surface area contributed by atoms with Crippen molar-refractivity contribution in [2.24, 2.45) is 5.92 Å². The van der Waals surface area contributed by atoms with E-state index in [1.165, 1.54) is 17.8 Å². The number of benzene rings is 1. The summed E-state index contributed by atoms with van der Waals surface area (Å²) in [5.74, 6) is 0.450. The number of sulfonamides is 1. The molecule has 1 fully saturated rings. The summed E-state index contributed by atoms with van der Waals surface area (Å²) >= 11 is 0. The average molecular weight is 475 g/mol. The van der Waals surface area contributed by atoms with Gasteiger partial charge in [-0.25, -0.2) is 8.42 Å². The molecule has 1 unspecified atom stereocenters. The topological polar surface area (TPSA) is 89.0 Å². The van der Waals surface area contributed by atoms with Crippen LogP contribution in [0.4, 0.5) is 5.69 Å². The predicted octanol–water partition coefficient (Wildman–Crippen LogP) is 3.86. The van der Waals surface area contributed by atoms with Crippen LogP contribution in [0.15, 0.2) is 35.4 Å². The maximum atomic E-state index is 14.1. The molecule has 1 aromatic carbocycles. The number of fused-ring (bicyclic) bond motifs is 1. The molecule has 180 valence electrons. The Morgan fingerprint density at radius 3 is 2.67 bits per heavy atom. The van der Waals surface area contributed by atoms with Crippen molar-refractivity contribution < 1.29 is 23.0 Å². The molecule has 1 N–H and O–H groups in total. The first kappa shape index (κ1) is 24.0. The minimum atomic E-state index is -3.94. The van der Waals surface area contributed by atoms with E-state index < -0.39 is 10.0 Å². The summed E-state index contributed by atoms with van der Waals surface area (Å²) < 4.78 is 41.3. The molecule has 4 rings (SSSR count). The van der Waals surface area contributed by atoms with Crippen molar-refractivity contribution in [3.05, 3.63) is 47.3 Å². The first-order chi connectivity index (χ1) is 16.0. The largest absolute Gasteiger partial charge is 0.490 e. The summed E-state index contributed by atoms with van der Waals surface area (Å²) in [6.07, 6.45) is 6.43. The van der Waals surface area contributed by atoms with Crippen molar-refractivity contribution in [1.82, 2.24) is 4.98 Å². The summed E-state index contributed by atoms with van der Waals surface area (Å²) in [4.78, 5) is 4.27. The van der Waals surface area contributed by atoms with Gasteiger partial charge >= 0.3 is 0 Å². The van der Waals surface area contributed by atoms with E-state index in [4.69, 9.17) is 9.47 Å². The second kappa shape index (κ2) is 10.4. The third-order valence-electron chi connectivity index (χ3n) is 6.77. The smallest absolute Gasteiger partial charge is 0.268 e. The number of ether oxygens (including phenoxy) is 2. The molecular weight excluding hydrogens is 440 g/mol. The molecule has 3 heterocycles. The molecule has 0 bridgehead atoms. The van der Waals surface area contributed by atoms with Gasteiger partial charge in [-0.05, 0) is 67.7 Å². The molecular formula is C25H34N2O5S. The van der Waals surface area contributed by atoms with Gasteiger partial charge in [0.05, 0.1) is 18.9 Å². The van der Waals surface area contributed by atoms with Crippen molar-refractivity contribution in [3.8, 4) is 5.75 Å². The van der Waals surface area contributed by atoms with Gasteiger partial charge < -0.3 is 14.6 Å². The Bertz CT molecular complexity index is 1070. The summed E-state index contributed by atoms with van der Waals surface area (Å²) in [6, 6.07) is 7.43. The molecule has 0 spiro atoms. The van der Waals surface area contributed by atoms with Crippen LogP contribution in [0.5, 0.6) is 5.75 Å². The van der Waals surface area contributed by atoms with Crippen LogP contribution < -0.4 is 9.04 Å². The number of aromatic nitrogens is 1. The van der Waals surface area contributed by atoms with Crippen molar-refractivity contribution in [1.29, 1.82) is 0 Å². The lowest BCUT2D eigenvalue weighted by molar-refractivity contribution is 0.0488. The molecule has 2 aliphatic heterocycles. The van der Waals surface area contributed by atoms with Gasteiger partial charge in [0.1, 0.15) is 10.6 Å². The van der Waals surface area contributed by atoms with Gasteiger partial charge in [0.25, 0.3) is 10.0 Å². The zero-order valence-corrected chi connectivity index (χ0v) is 20.3. The maximum Gasteiger partial charge on any atom is 0.268 e. The zero-order chi connectivity index (χ0) is 23.4. The van der Waals surface area contributed by atoms with Crippen LogP contribution in [-0.2, 0) is 34.2 Å². The molecule has 2 aliphatic rings. The number of aryl methyl sites for hydroxylation is 2. The van der Waals surface area contributed by atoms with E-state index in [2.05, 4.69) is 18.0 Å². The fourth-order valence-electron chi connectivity index (χ4n) is 4.77. The molecule has 0 aliphatic carbocycles. The standard InChI is InChI=1S/C25H34N2O5S/c1-3-18-5-8-23-20(15-18)6-7-21(4-2)27(23)33(29,30)24-9-12-26-22(16-28)25(24)32-17-19-10-13-31-14-11-19/h5,8-9,12,15,19,21,28H,3-4,6-7,10-11,13-14,16-17H2,1-2H3. The lowest BCUT2D eigenvalue weighted by Gasteiger charge is -2.38. The number of pyridine rings is 1. The number of aliphatic hydroxyl groups excluding tert-OH is 1. The molecule has 0 amide bonds. The van der Waals surface area contributed by atoms with E-state index in [0.29, 0.717) is 26.2 Å². The van der Waals surface area contributed by atoms with Crippen molar-refractivity contribution >= 4 is 15.7 Å². The van der Waals surface area contributed by atoms with Gasteiger partial charge in [-0.3, -0.25) is 9.29 Å². The summed E-state index contributed by atoms with van der Waals surface area (Å²) in [5.41, 5.74) is 3.24. The first-order valence-corrected chi connectivity index (χ1v) is 13.4. The van der Waals surface area contributed by atoms with E-state index >= 15 is 0 Å². The highest BCUT2D eigenvalue weighted by Crippen LogP contribution is 2.40. The minimum Gasteiger partial charge on any atom is -0.490 e. The van der Waals surface area contributed by atoms with Crippen LogP contribution >= 0.6 is 0 Å². The molecule has 7 nitrogen and oxygen atoms in total. The predicted molar refractivity (Wildman–Crippen MR) is 127 cm³/mol. The van der Waals surface area contributed by atoms with Crippen LogP contribution in [0.3, 0.4) is 0 Å². The fourth-order valence-corrected chi connectivity index (χ4v) is 6.71. The van der Waals surface area contributed by atoms with Crippen LogP contribution in [0.2, 0.25) is 0 Å². The van der Waals surface area contributed by atoms with Gasteiger partial charge in [-0.1, -0.05) is 26.0 Å². The number of anilines is 1. The van der Waals surface area contributed by atoms with Crippen molar-refractivity contribution in [2.45, 2.75) is 69.9 Å². The van der Waals surface area contributed by atoms with Crippen LogP contribution in [0.25, 0.3) is 0 Å². The van der Waals surface area contributed by atoms with Gasteiger partial charge in [-0.15, -0.1) is 0 Å². The molecule has 2 aromatic rings. The van der Waals surface area contributed by atoms with Gasteiger partial charge in [0.15, 0.2) is 5.75 Å². The summed E-state index contributed by atoms with van der Waals surface area (Å²) in [6.45, 7) is 5.47. The summed E-state index contributed by atoms with van der Waals surface area (Å²) in [5, 5.41) is 9.90. The molecule has 1 saturated heterocycles. The number of aliphatic hydroxyl groups is 1. The van der Waals surface area contributed by atoms with E-state index in [9.17, 15) is 13.5 Å². The minimum absolute atomic E-state index is 0.0690. The summed E-state index contributed by atoms with van der Waals surface area (Å²) in [7, 11) is -3.94. The quantitative estimate of drug-likeness (QED) is 0.625. The molecule has 8 heteroatoms. The van der Waals surface area contributed by atoms with E-state index in [1.807, 2.05) is 19.1 Å². The number of hydrogen-bond donors (Lipinski definition) is 1. The monoisotopic (exact) mass is 474 g/mol. The van der Waals surface area contributed by atoms with Gasteiger partial charge in [0.2, 0.25) is 0 Å². The van der Waals surface area contributed by atoms with Gasteiger partial charge in [0, 0.05) is 25.5 Å². The third kappa shape index (κ3) is 4.88. The Labute approximate surface area is 196 Å². The Morgan fingerprint density at radius 1 is 1.18 bits per heavy atom. The Kier molecular flexibility index (Phi) is 7.56. The zero-order valence-electron chi connectivity index (χ0n) is 19.5. The highest BCUT2D eigenvalue weighted by atomic mass is 32.2. The maximum absolute atomic E-state index is 14.1. The Balaban J connectivity index is 1.74. The highest BCUT2D eigenvalue weighted by molar-refractivity contribution is 7.93. The normalized spacial score (nSPS) is 19.4. The SMILES string of the molecule is CCc1ccc2c(c1)CCC(CC)N2S(=O)(=O)c1ccnc(CO)c1OCC1CCOCC1. The first-order valence-electron chi connectivity index (χ1n) is 11.9. The molecule has 0 saturated carbocycles. The van der Waals surface area contributed by atoms with E-state index in [1.54, 1.807) is 4.31 Å².